The van der Waals surface area contributed by atoms with E-state index >= 15 is 0 Å². The van der Waals surface area contributed by atoms with Crippen molar-refractivity contribution >= 4 is 39.7 Å². The second-order valence-electron chi connectivity index (χ2n) is 12.3. The van der Waals surface area contributed by atoms with E-state index in [1.165, 1.54) is 25.6 Å². The van der Waals surface area contributed by atoms with Crippen molar-refractivity contribution in [2.45, 2.75) is 38.1 Å². The summed E-state index contributed by atoms with van der Waals surface area (Å²) in [4.78, 5) is 41.6. The topological polar surface area (TPSA) is 141 Å². The van der Waals surface area contributed by atoms with Crippen molar-refractivity contribution in [1.82, 2.24) is 44.2 Å². The second kappa shape index (κ2) is 12.1. The molecule has 0 unspecified atom stereocenters. The predicted molar refractivity (Wildman–Crippen MR) is 180 cm³/mol. The van der Waals surface area contributed by atoms with Crippen LogP contribution in [-0.2, 0) is 16.1 Å². The van der Waals surface area contributed by atoms with E-state index in [4.69, 9.17) is 19.4 Å². The fourth-order valence-corrected chi connectivity index (χ4v) is 7.02. The predicted octanol–water partition coefficient (Wildman–Crippen LogP) is 3.62. The van der Waals surface area contributed by atoms with E-state index in [0.29, 0.717) is 60.3 Å². The number of nitrogens with one attached hydrogen (secondary N) is 1. The number of rotatable bonds is 4. The van der Waals surface area contributed by atoms with Gasteiger partial charge in [0, 0.05) is 51.1 Å². The number of hydrogen-bond acceptors (Lipinski definition) is 11. The van der Waals surface area contributed by atoms with Gasteiger partial charge in [0.2, 0.25) is 11.9 Å². The number of aromatic nitrogens is 8. The number of aryl methyl sites for hydroxylation is 1. The molecule has 2 aromatic carbocycles. The van der Waals surface area contributed by atoms with Gasteiger partial charge in [-0.25, -0.2) is 34.0 Å². The van der Waals surface area contributed by atoms with Gasteiger partial charge in [0.05, 0.1) is 48.1 Å². The minimum atomic E-state index is -0.575. The summed E-state index contributed by atoms with van der Waals surface area (Å²) in [6, 6.07) is 11.4. The van der Waals surface area contributed by atoms with E-state index in [1.54, 1.807) is 42.2 Å². The molecule has 4 bridgehead atoms. The van der Waals surface area contributed by atoms with Gasteiger partial charge >= 0.3 is 0 Å². The van der Waals surface area contributed by atoms with Crippen molar-refractivity contribution in [3.63, 3.8) is 0 Å². The van der Waals surface area contributed by atoms with Crippen LogP contribution in [0.5, 0.6) is 5.75 Å². The van der Waals surface area contributed by atoms with Gasteiger partial charge in [-0.2, -0.15) is 5.10 Å². The van der Waals surface area contributed by atoms with E-state index in [9.17, 15) is 9.18 Å². The van der Waals surface area contributed by atoms with Gasteiger partial charge in [-0.1, -0.05) is 12.1 Å². The van der Waals surface area contributed by atoms with Crippen molar-refractivity contribution in [2.75, 3.05) is 44.6 Å². The summed E-state index contributed by atoms with van der Waals surface area (Å²) in [7, 11) is 4.94. The number of hydrogen-bond donors (Lipinski definition) is 1. The number of imidazole rings is 1. The lowest BCUT2D eigenvalue weighted by molar-refractivity contribution is -0.132. The normalized spacial score (nSPS) is 19.6. The maximum Gasteiger partial charge on any atom is 0.245 e. The standard InChI is InChI=1S/C34H34FN11O3/c1-19-40-26-7-5-6-23-25-10-11-36-34(42-25)41-21-13-28(33(47)43(2)16-22(48-3)17-44(19)30(23)26)45(15-21)31-24-14-39-46(32(24)38-18-37-31)27-9-8-20(35)12-29(27)49-4/h5-12,14,18,21-22,28H,13,15-17H2,1-4H3,(H,36,41,42)/t21-,22-,28-/m0/s1. The van der Waals surface area contributed by atoms with Crippen LogP contribution in [0.2, 0.25) is 0 Å². The summed E-state index contributed by atoms with van der Waals surface area (Å²) in [5, 5.41) is 8.71. The van der Waals surface area contributed by atoms with Gasteiger partial charge in [-0.05, 0) is 37.6 Å². The van der Waals surface area contributed by atoms with Crippen LogP contribution >= 0.6 is 0 Å². The number of carbonyl (C=O) groups is 1. The van der Waals surface area contributed by atoms with Crippen LogP contribution in [0.25, 0.3) is 39.0 Å². The summed E-state index contributed by atoms with van der Waals surface area (Å²) < 4.78 is 29.2. The second-order valence-corrected chi connectivity index (χ2v) is 12.3. The molecule has 1 amide bonds. The number of fused-ring (bicyclic) bond motifs is 6. The number of carbonyl (C=O) groups excluding carboxylic acids is 1. The van der Waals surface area contributed by atoms with Gasteiger partial charge in [-0.15, -0.1) is 0 Å². The molecule has 6 heterocycles. The molecule has 49 heavy (non-hydrogen) atoms. The Kier molecular flexibility index (Phi) is 7.55. The molecule has 0 spiro atoms. The molecule has 6 aromatic rings. The molecule has 8 rings (SSSR count). The Morgan fingerprint density at radius 2 is 1.90 bits per heavy atom. The first-order valence-corrected chi connectivity index (χ1v) is 16.0. The minimum absolute atomic E-state index is 0.0804. The molecule has 0 saturated carbocycles. The van der Waals surface area contributed by atoms with Gasteiger partial charge in [0.1, 0.15) is 41.3 Å². The third kappa shape index (κ3) is 5.26. The molecule has 4 aromatic heterocycles. The Labute approximate surface area is 280 Å². The Balaban J connectivity index is 1.22. The maximum atomic E-state index is 14.4. The van der Waals surface area contributed by atoms with Crippen molar-refractivity contribution in [2.24, 2.45) is 0 Å². The number of benzene rings is 2. The maximum absolute atomic E-state index is 14.4. The van der Waals surface area contributed by atoms with Gasteiger partial charge in [0.15, 0.2) is 5.65 Å². The van der Waals surface area contributed by atoms with E-state index in [0.717, 1.165) is 28.1 Å². The number of nitrogens with zero attached hydrogens (tertiary/aromatic N) is 10. The molecule has 1 N–H and O–H groups in total. The lowest BCUT2D eigenvalue weighted by Gasteiger charge is -2.30. The van der Waals surface area contributed by atoms with Gasteiger partial charge in [0.25, 0.3) is 0 Å². The summed E-state index contributed by atoms with van der Waals surface area (Å²) >= 11 is 0. The molecule has 2 aliphatic heterocycles. The highest BCUT2D eigenvalue weighted by Crippen LogP contribution is 2.35. The van der Waals surface area contributed by atoms with E-state index in [2.05, 4.69) is 29.9 Å². The van der Waals surface area contributed by atoms with E-state index < -0.39 is 11.9 Å². The number of likely N-dealkylation sites (N-methyl/N-ethyl adjacent to an activating group) is 1. The number of amides is 1. The van der Waals surface area contributed by atoms with Crippen molar-refractivity contribution in [3.8, 4) is 22.7 Å². The molecule has 14 nitrogen and oxygen atoms in total. The Bertz CT molecular complexity index is 2220. The summed E-state index contributed by atoms with van der Waals surface area (Å²) in [5.74, 6) is 1.65. The number of anilines is 2. The van der Waals surface area contributed by atoms with Crippen LogP contribution < -0.4 is 15.0 Å². The fourth-order valence-electron chi connectivity index (χ4n) is 7.02. The van der Waals surface area contributed by atoms with Gasteiger partial charge in [-0.3, -0.25) is 4.79 Å². The van der Waals surface area contributed by atoms with Crippen LogP contribution in [0.4, 0.5) is 16.2 Å². The van der Waals surface area contributed by atoms with E-state index in [-0.39, 0.29) is 18.1 Å². The molecule has 15 heteroatoms. The molecule has 0 aliphatic carbocycles. The van der Waals surface area contributed by atoms with Crippen molar-refractivity contribution in [3.05, 3.63) is 72.8 Å². The third-order valence-electron chi connectivity index (χ3n) is 9.37. The number of halogens is 1. The lowest BCUT2D eigenvalue weighted by atomic mass is 10.1. The molecule has 1 fully saturated rings. The zero-order valence-corrected chi connectivity index (χ0v) is 27.4. The molecular formula is C34H34FN11O3. The highest BCUT2D eigenvalue weighted by atomic mass is 19.1. The molecular weight excluding hydrogens is 629 g/mol. The van der Waals surface area contributed by atoms with Crippen LogP contribution in [0.3, 0.4) is 0 Å². The lowest BCUT2D eigenvalue weighted by Crippen LogP contribution is -2.47. The Morgan fingerprint density at radius 3 is 2.73 bits per heavy atom. The summed E-state index contributed by atoms with van der Waals surface area (Å²) in [6.45, 7) is 3.25. The quantitative estimate of drug-likeness (QED) is 0.296. The Hall–Kier alpha value is -5.70. The highest BCUT2D eigenvalue weighted by Gasteiger charge is 2.41. The molecule has 250 valence electrons. The average molecular weight is 664 g/mol. The largest absolute Gasteiger partial charge is 0.494 e. The Morgan fingerprint density at radius 1 is 1.02 bits per heavy atom. The first-order valence-electron chi connectivity index (χ1n) is 16.0. The number of para-hydroxylation sites is 1. The monoisotopic (exact) mass is 663 g/mol. The molecule has 3 atom stereocenters. The van der Waals surface area contributed by atoms with Crippen LogP contribution in [0, 0.1) is 12.7 Å². The number of ether oxygens (including phenoxy) is 2. The van der Waals surface area contributed by atoms with Gasteiger partial charge < -0.3 is 29.2 Å². The van der Waals surface area contributed by atoms with E-state index in [1.807, 2.05) is 36.1 Å². The molecule has 1 saturated heterocycles. The molecule has 2 aliphatic rings. The van der Waals surface area contributed by atoms with Crippen LogP contribution in [-0.4, -0.2) is 103 Å². The average Bonchev–Trinajstić information content (AvgIpc) is 3.82. The first-order chi connectivity index (χ1) is 23.8. The third-order valence-corrected chi connectivity index (χ3v) is 9.37. The fraction of sp³-hybridized carbons (Fsp3) is 0.324. The first kappa shape index (κ1) is 30.6. The minimum Gasteiger partial charge on any atom is -0.494 e. The summed E-state index contributed by atoms with van der Waals surface area (Å²) in [6.07, 6.45) is 5.00. The summed E-state index contributed by atoms with van der Waals surface area (Å²) in [5.41, 5.74) is 4.52. The highest BCUT2D eigenvalue weighted by molar-refractivity contribution is 5.93. The zero-order valence-electron chi connectivity index (χ0n) is 27.4. The number of methoxy groups -OCH3 is 2. The molecule has 0 radical (unpaired) electrons. The SMILES string of the molecule is COc1cc(F)ccc1-n1ncc2c(N3C[C@@H]4C[C@H]3C(=O)N(C)C[C@H](OC)Cn3c(C)nc5cccc(c53)-c3ccnc(n3)N4)ncnc21. The van der Waals surface area contributed by atoms with Crippen LogP contribution in [0.1, 0.15) is 12.2 Å². The zero-order chi connectivity index (χ0) is 33.8. The van der Waals surface area contributed by atoms with Crippen LogP contribution in [0.15, 0.2) is 61.2 Å². The smallest absolute Gasteiger partial charge is 0.245 e. The van der Waals surface area contributed by atoms with Crippen molar-refractivity contribution < 1.29 is 18.7 Å². The van der Waals surface area contributed by atoms with Crippen molar-refractivity contribution in [1.29, 1.82) is 0 Å².